The van der Waals surface area contributed by atoms with Crippen LogP contribution in [-0.4, -0.2) is 18.8 Å². The zero-order chi connectivity index (χ0) is 14.5. The van der Waals surface area contributed by atoms with Crippen molar-refractivity contribution in [3.05, 3.63) is 35.6 Å². The molecule has 0 saturated carbocycles. The van der Waals surface area contributed by atoms with Crippen molar-refractivity contribution in [2.75, 3.05) is 6.61 Å². The summed E-state index contributed by atoms with van der Waals surface area (Å²) in [6.45, 7) is 1.65. The summed E-state index contributed by atoms with van der Waals surface area (Å²) in [6, 6.07) is 5.18. The number of benzene rings is 1. The Morgan fingerprint density at radius 3 is 2.26 bits per heavy atom. The van der Waals surface area contributed by atoms with Crippen LogP contribution in [0.2, 0.25) is 0 Å². The van der Waals surface area contributed by atoms with E-state index in [2.05, 4.69) is 0 Å². The average Bonchev–Trinajstić information content (AvgIpc) is 2.29. The van der Waals surface area contributed by atoms with Crippen molar-refractivity contribution in [1.82, 2.24) is 0 Å². The summed E-state index contributed by atoms with van der Waals surface area (Å²) in [7, 11) is 0. The number of hydrogen-bond acceptors (Lipinski definition) is 2. The summed E-state index contributed by atoms with van der Waals surface area (Å²) in [4.78, 5) is 0. The van der Waals surface area contributed by atoms with E-state index in [1.54, 1.807) is 6.92 Å². The molecule has 0 spiro atoms. The predicted octanol–water partition coefficient (Wildman–Crippen LogP) is 3.57. The van der Waals surface area contributed by atoms with Gasteiger partial charge in [-0.3, -0.25) is 0 Å². The van der Waals surface area contributed by atoms with E-state index in [1.165, 1.54) is 24.3 Å². The molecule has 2 N–H and O–H groups in total. The van der Waals surface area contributed by atoms with Gasteiger partial charge in [-0.2, -0.15) is 13.2 Å². The van der Waals surface area contributed by atoms with E-state index in [-0.39, 0.29) is 18.8 Å². The standard InChI is InChI=1S/C13H17F4NO/c1-9(18)12(10-3-5-11(14)6-4-10)19-8-2-7-13(15,16)17/h3-6,9,12H,2,7-8,18H2,1H3. The first kappa shape index (κ1) is 15.9. The van der Waals surface area contributed by atoms with Crippen molar-refractivity contribution >= 4 is 0 Å². The molecule has 6 heteroatoms. The highest BCUT2D eigenvalue weighted by molar-refractivity contribution is 5.19. The molecule has 0 aromatic heterocycles. The fourth-order valence-electron chi connectivity index (χ4n) is 1.69. The second-order valence-electron chi connectivity index (χ2n) is 4.42. The Balaban J connectivity index is 2.52. The zero-order valence-electron chi connectivity index (χ0n) is 10.6. The third-order valence-electron chi connectivity index (χ3n) is 2.58. The number of alkyl halides is 3. The Morgan fingerprint density at radius 2 is 1.79 bits per heavy atom. The molecular weight excluding hydrogens is 262 g/mol. The lowest BCUT2D eigenvalue weighted by molar-refractivity contribution is -0.139. The van der Waals surface area contributed by atoms with Crippen LogP contribution in [0.15, 0.2) is 24.3 Å². The van der Waals surface area contributed by atoms with Crippen LogP contribution >= 0.6 is 0 Å². The average molecular weight is 279 g/mol. The largest absolute Gasteiger partial charge is 0.389 e. The minimum Gasteiger partial charge on any atom is -0.372 e. The van der Waals surface area contributed by atoms with Gasteiger partial charge in [0.25, 0.3) is 0 Å². The minimum atomic E-state index is -4.18. The van der Waals surface area contributed by atoms with Crippen LogP contribution in [-0.2, 0) is 4.74 Å². The minimum absolute atomic E-state index is 0.0386. The maximum atomic E-state index is 12.8. The highest BCUT2D eigenvalue weighted by Gasteiger charge is 2.26. The highest BCUT2D eigenvalue weighted by atomic mass is 19.4. The molecule has 1 aromatic rings. The number of hydrogen-bond donors (Lipinski definition) is 1. The Hall–Kier alpha value is -1.14. The van der Waals surface area contributed by atoms with Gasteiger partial charge in [-0.05, 0) is 31.0 Å². The molecule has 1 aromatic carbocycles. The molecule has 0 aliphatic rings. The van der Waals surface area contributed by atoms with E-state index < -0.39 is 24.7 Å². The Morgan fingerprint density at radius 1 is 1.21 bits per heavy atom. The quantitative estimate of drug-likeness (QED) is 0.638. The fraction of sp³-hybridized carbons (Fsp3) is 0.538. The lowest BCUT2D eigenvalue weighted by atomic mass is 10.0. The Labute approximate surface area is 109 Å². The number of halogens is 4. The molecule has 0 aliphatic carbocycles. The zero-order valence-corrected chi connectivity index (χ0v) is 10.6. The summed E-state index contributed by atoms with van der Waals surface area (Å²) in [5.74, 6) is -0.385. The van der Waals surface area contributed by atoms with E-state index >= 15 is 0 Å². The molecule has 108 valence electrons. The van der Waals surface area contributed by atoms with E-state index in [9.17, 15) is 17.6 Å². The van der Waals surface area contributed by atoms with E-state index in [1.807, 2.05) is 0 Å². The van der Waals surface area contributed by atoms with Gasteiger partial charge < -0.3 is 10.5 Å². The molecule has 2 atom stereocenters. The van der Waals surface area contributed by atoms with Crippen LogP contribution < -0.4 is 5.73 Å². The molecule has 0 fully saturated rings. The first-order valence-electron chi connectivity index (χ1n) is 5.99. The van der Waals surface area contributed by atoms with Crippen molar-refractivity contribution in [1.29, 1.82) is 0 Å². The van der Waals surface area contributed by atoms with Gasteiger partial charge in [-0.1, -0.05) is 12.1 Å². The molecule has 0 aliphatic heterocycles. The van der Waals surface area contributed by atoms with Gasteiger partial charge in [-0.25, -0.2) is 4.39 Å². The van der Waals surface area contributed by atoms with Gasteiger partial charge in [0.1, 0.15) is 5.82 Å². The van der Waals surface area contributed by atoms with Crippen LogP contribution in [0.5, 0.6) is 0 Å². The molecule has 0 amide bonds. The fourth-order valence-corrected chi connectivity index (χ4v) is 1.69. The Kier molecular flexibility index (Phi) is 5.75. The van der Waals surface area contributed by atoms with Gasteiger partial charge in [-0.15, -0.1) is 0 Å². The molecule has 2 nitrogen and oxygen atoms in total. The lowest BCUT2D eigenvalue weighted by Gasteiger charge is -2.22. The van der Waals surface area contributed by atoms with Gasteiger partial charge >= 0.3 is 6.18 Å². The second-order valence-corrected chi connectivity index (χ2v) is 4.42. The van der Waals surface area contributed by atoms with E-state index in [4.69, 9.17) is 10.5 Å². The predicted molar refractivity (Wildman–Crippen MR) is 64.0 cm³/mol. The maximum absolute atomic E-state index is 12.8. The molecule has 2 unspecified atom stereocenters. The van der Waals surface area contributed by atoms with Crippen molar-refractivity contribution in [2.45, 2.75) is 38.1 Å². The topological polar surface area (TPSA) is 35.2 Å². The SMILES string of the molecule is CC(N)C(OCCCC(F)(F)F)c1ccc(F)cc1. The molecule has 0 bridgehead atoms. The van der Waals surface area contributed by atoms with Crippen LogP contribution in [0, 0.1) is 5.82 Å². The summed E-state index contributed by atoms with van der Waals surface area (Å²) in [6.07, 6.45) is -5.71. The molecule has 0 saturated heterocycles. The van der Waals surface area contributed by atoms with Gasteiger partial charge in [0.15, 0.2) is 0 Å². The van der Waals surface area contributed by atoms with Crippen LogP contribution in [0.1, 0.15) is 31.4 Å². The van der Waals surface area contributed by atoms with Crippen molar-refractivity contribution in [3.8, 4) is 0 Å². The van der Waals surface area contributed by atoms with Gasteiger partial charge in [0, 0.05) is 19.1 Å². The van der Waals surface area contributed by atoms with Crippen LogP contribution in [0.3, 0.4) is 0 Å². The van der Waals surface area contributed by atoms with Gasteiger partial charge in [0.2, 0.25) is 0 Å². The first-order chi connectivity index (χ1) is 8.79. The molecule has 1 rings (SSSR count). The van der Waals surface area contributed by atoms with Crippen LogP contribution in [0.25, 0.3) is 0 Å². The summed E-state index contributed by atoms with van der Waals surface area (Å²) in [5.41, 5.74) is 6.39. The van der Waals surface area contributed by atoms with Crippen molar-refractivity contribution < 1.29 is 22.3 Å². The van der Waals surface area contributed by atoms with Crippen molar-refractivity contribution in [3.63, 3.8) is 0 Å². The first-order valence-corrected chi connectivity index (χ1v) is 5.99. The monoisotopic (exact) mass is 279 g/mol. The highest BCUT2D eigenvalue weighted by Crippen LogP contribution is 2.24. The second kappa shape index (κ2) is 6.86. The Bertz CT molecular complexity index is 375. The molecule has 19 heavy (non-hydrogen) atoms. The number of nitrogens with two attached hydrogens (primary N) is 1. The van der Waals surface area contributed by atoms with Crippen molar-refractivity contribution in [2.24, 2.45) is 5.73 Å². The third-order valence-corrected chi connectivity index (χ3v) is 2.58. The van der Waals surface area contributed by atoms with Gasteiger partial charge in [0.05, 0.1) is 6.10 Å². The molecule has 0 radical (unpaired) electrons. The third kappa shape index (κ3) is 6.02. The van der Waals surface area contributed by atoms with E-state index in [0.29, 0.717) is 5.56 Å². The van der Waals surface area contributed by atoms with E-state index in [0.717, 1.165) is 0 Å². The number of ether oxygens (including phenoxy) is 1. The molecule has 0 heterocycles. The lowest BCUT2D eigenvalue weighted by Crippen LogP contribution is -2.27. The molecular formula is C13H17F4NO. The number of rotatable bonds is 6. The normalized spacial score (nSPS) is 15.3. The smallest absolute Gasteiger partial charge is 0.372 e. The summed E-state index contributed by atoms with van der Waals surface area (Å²) in [5, 5.41) is 0. The maximum Gasteiger partial charge on any atom is 0.389 e. The summed E-state index contributed by atoms with van der Waals surface area (Å²) < 4.78 is 54.1. The summed E-state index contributed by atoms with van der Waals surface area (Å²) >= 11 is 0. The van der Waals surface area contributed by atoms with Crippen LogP contribution in [0.4, 0.5) is 17.6 Å².